The molecule has 5 nitrogen and oxygen atoms in total. The average Bonchev–Trinajstić information content (AvgIpc) is 2.39. The van der Waals surface area contributed by atoms with E-state index in [1.54, 1.807) is 12.1 Å². The van der Waals surface area contributed by atoms with Crippen LogP contribution >= 0.6 is 0 Å². The molecule has 0 spiro atoms. The van der Waals surface area contributed by atoms with Crippen molar-refractivity contribution in [2.75, 3.05) is 19.6 Å². The summed E-state index contributed by atoms with van der Waals surface area (Å²) in [5.74, 6) is 0.446. The van der Waals surface area contributed by atoms with Gasteiger partial charge >= 0.3 is 0 Å². The maximum Gasteiger partial charge on any atom is 0.260 e. The highest BCUT2D eigenvalue weighted by atomic mass is 32.2. The van der Waals surface area contributed by atoms with Crippen molar-refractivity contribution in [1.82, 2.24) is 9.29 Å². The van der Waals surface area contributed by atoms with Gasteiger partial charge in [-0.25, -0.2) is 13.4 Å². The fourth-order valence-electron chi connectivity index (χ4n) is 2.17. The third-order valence-corrected chi connectivity index (χ3v) is 5.20. The number of aryl methyl sites for hydroxylation is 1. The zero-order valence-electron chi connectivity index (χ0n) is 10.5. The SMILES string of the molecule is Cc1ccnc(S(=O)(=O)N2CCC(CN)CC2)c1. The number of pyridine rings is 1. The first-order valence-electron chi connectivity index (χ1n) is 6.17. The van der Waals surface area contributed by atoms with Gasteiger partial charge in [0.1, 0.15) is 0 Å². The molecule has 1 aromatic heterocycles. The highest BCUT2D eigenvalue weighted by Crippen LogP contribution is 2.22. The van der Waals surface area contributed by atoms with E-state index in [4.69, 9.17) is 5.73 Å². The van der Waals surface area contributed by atoms with Crippen LogP contribution in [0.25, 0.3) is 0 Å². The predicted octanol–water partition coefficient (Wildman–Crippen LogP) is 0.749. The van der Waals surface area contributed by atoms with Crippen molar-refractivity contribution in [3.8, 4) is 0 Å². The van der Waals surface area contributed by atoms with Gasteiger partial charge in [0.15, 0.2) is 5.03 Å². The zero-order valence-corrected chi connectivity index (χ0v) is 11.4. The van der Waals surface area contributed by atoms with Gasteiger partial charge in [-0.3, -0.25) is 0 Å². The molecule has 1 fully saturated rings. The first-order chi connectivity index (χ1) is 8.54. The minimum atomic E-state index is -3.43. The van der Waals surface area contributed by atoms with Crippen LogP contribution < -0.4 is 5.73 Å². The molecule has 0 saturated carbocycles. The smallest absolute Gasteiger partial charge is 0.260 e. The van der Waals surface area contributed by atoms with E-state index in [-0.39, 0.29) is 5.03 Å². The second-order valence-corrected chi connectivity index (χ2v) is 6.64. The highest BCUT2D eigenvalue weighted by Gasteiger charge is 2.29. The van der Waals surface area contributed by atoms with Crippen LogP contribution in [0.15, 0.2) is 23.4 Å². The summed E-state index contributed by atoms with van der Waals surface area (Å²) in [6.45, 7) is 3.58. The Balaban J connectivity index is 2.17. The van der Waals surface area contributed by atoms with Crippen molar-refractivity contribution in [2.24, 2.45) is 11.7 Å². The summed E-state index contributed by atoms with van der Waals surface area (Å²) in [5, 5.41) is 0.147. The fraction of sp³-hybridized carbons (Fsp3) is 0.583. The molecule has 18 heavy (non-hydrogen) atoms. The van der Waals surface area contributed by atoms with E-state index in [9.17, 15) is 8.42 Å². The standard InChI is InChI=1S/C12H19N3O2S/c1-10-2-5-14-12(8-10)18(16,17)15-6-3-11(9-13)4-7-15/h2,5,8,11H,3-4,6-7,9,13H2,1H3. The highest BCUT2D eigenvalue weighted by molar-refractivity contribution is 7.89. The molecule has 0 bridgehead atoms. The molecular formula is C12H19N3O2S. The first-order valence-corrected chi connectivity index (χ1v) is 7.61. The second kappa shape index (κ2) is 5.34. The van der Waals surface area contributed by atoms with Crippen molar-refractivity contribution in [2.45, 2.75) is 24.8 Å². The van der Waals surface area contributed by atoms with Gasteiger partial charge in [-0.2, -0.15) is 4.31 Å². The summed E-state index contributed by atoms with van der Waals surface area (Å²) in [4.78, 5) is 3.97. The van der Waals surface area contributed by atoms with Gasteiger partial charge < -0.3 is 5.73 Å². The van der Waals surface area contributed by atoms with Crippen LogP contribution in [0.2, 0.25) is 0 Å². The maximum atomic E-state index is 12.4. The lowest BCUT2D eigenvalue weighted by Crippen LogP contribution is -2.40. The molecule has 0 radical (unpaired) electrons. The van der Waals surface area contributed by atoms with Crippen molar-refractivity contribution in [1.29, 1.82) is 0 Å². The number of nitrogens with zero attached hydrogens (tertiary/aromatic N) is 2. The summed E-state index contributed by atoms with van der Waals surface area (Å²) in [6, 6.07) is 3.41. The Labute approximate surface area is 108 Å². The molecule has 1 aliphatic heterocycles. The topological polar surface area (TPSA) is 76.3 Å². The van der Waals surface area contributed by atoms with Crippen molar-refractivity contribution in [3.05, 3.63) is 23.9 Å². The van der Waals surface area contributed by atoms with Crippen LogP contribution in [0.4, 0.5) is 0 Å². The molecule has 0 aliphatic carbocycles. The van der Waals surface area contributed by atoms with Crippen LogP contribution in [0.5, 0.6) is 0 Å². The summed E-state index contributed by atoms with van der Waals surface area (Å²) in [5.41, 5.74) is 6.51. The molecule has 2 rings (SSSR count). The Hall–Kier alpha value is -0.980. The van der Waals surface area contributed by atoms with E-state index in [0.717, 1.165) is 18.4 Å². The van der Waals surface area contributed by atoms with E-state index >= 15 is 0 Å². The normalized spacial score (nSPS) is 19.0. The van der Waals surface area contributed by atoms with Crippen LogP contribution in [-0.4, -0.2) is 37.3 Å². The molecule has 0 unspecified atom stereocenters. The Morgan fingerprint density at radius 1 is 1.44 bits per heavy atom. The molecule has 0 aromatic carbocycles. The molecular weight excluding hydrogens is 250 g/mol. The first kappa shape index (κ1) is 13.5. The Bertz CT molecular complexity index is 508. The Kier molecular flexibility index (Phi) is 3.99. The number of rotatable bonds is 3. The van der Waals surface area contributed by atoms with Gasteiger partial charge in [0, 0.05) is 19.3 Å². The molecule has 0 atom stereocenters. The third kappa shape index (κ3) is 2.71. The minimum absolute atomic E-state index is 0.147. The van der Waals surface area contributed by atoms with E-state index in [2.05, 4.69) is 4.98 Å². The summed E-state index contributed by atoms with van der Waals surface area (Å²) < 4.78 is 26.2. The Morgan fingerprint density at radius 3 is 2.67 bits per heavy atom. The van der Waals surface area contributed by atoms with Gasteiger partial charge in [-0.1, -0.05) is 0 Å². The maximum absolute atomic E-state index is 12.4. The number of hydrogen-bond donors (Lipinski definition) is 1. The van der Waals surface area contributed by atoms with Gasteiger partial charge in [-0.15, -0.1) is 0 Å². The number of hydrogen-bond acceptors (Lipinski definition) is 4. The van der Waals surface area contributed by atoms with E-state index in [1.165, 1.54) is 10.5 Å². The summed E-state index contributed by atoms with van der Waals surface area (Å²) in [7, 11) is -3.43. The lowest BCUT2D eigenvalue weighted by molar-refractivity contribution is 0.278. The number of nitrogens with two attached hydrogens (primary N) is 1. The molecule has 1 aromatic rings. The van der Waals surface area contributed by atoms with E-state index < -0.39 is 10.0 Å². The quantitative estimate of drug-likeness (QED) is 0.878. The van der Waals surface area contributed by atoms with Gasteiger partial charge in [0.25, 0.3) is 10.0 Å². The number of piperidine rings is 1. The molecule has 2 heterocycles. The van der Waals surface area contributed by atoms with Gasteiger partial charge in [0.05, 0.1) is 0 Å². The molecule has 1 aliphatic rings. The fourth-order valence-corrected chi connectivity index (χ4v) is 3.65. The third-order valence-electron chi connectivity index (χ3n) is 3.40. The lowest BCUT2D eigenvalue weighted by atomic mass is 9.99. The van der Waals surface area contributed by atoms with Crippen LogP contribution in [0.1, 0.15) is 18.4 Å². The second-order valence-electron chi connectivity index (χ2n) is 4.75. The summed E-state index contributed by atoms with van der Waals surface area (Å²) >= 11 is 0. The average molecular weight is 269 g/mol. The van der Waals surface area contributed by atoms with Gasteiger partial charge in [-0.05, 0) is 49.9 Å². The number of sulfonamides is 1. The largest absolute Gasteiger partial charge is 0.330 e. The van der Waals surface area contributed by atoms with E-state index in [1.807, 2.05) is 6.92 Å². The molecule has 1 saturated heterocycles. The molecule has 100 valence electrons. The Morgan fingerprint density at radius 2 is 2.11 bits per heavy atom. The van der Waals surface area contributed by atoms with Crippen LogP contribution in [0.3, 0.4) is 0 Å². The molecule has 0 amide bonds. The minimum Gasteiger partial charge on any atom is -0.330 e. The predicted molar refractivity (Wildman–Crippen MR) is 69.5 cm³/mol. The monoisotopic (exact) mass is 269 g/mol. The van der Waals surface area contributed by atoms with Crippen LogP contribution in [-0.2, 0) is 10.0 Å². The summed E-state index contributed by atoms with van der Waals surface area (Å²) in [6.07, 6.45) is 3.21. The molecule has 2 N–H and O–H groups in total. The van der Waals surface area contributed by atoms with Crippen LogP contribution in [0, 0.1) is 12.8 Å². The van der Waals surface area contributed by atoms with Crippen molar-refractivity contribution < 1.29 is 8.42 Å². The molecule has 6 heteroatoms. The zero-order chi connectivity index (χ0) is 13.2. The van der Waals surface area contributed by atoms with Gasteiger partial charge in [0.2, 0.25) is 0 Å². The lowest BCUT2D eigenvalue weighted by Gasteiger charge is -2.30. The van der Waals surface area contributed by atoms with Crippen molar-refractivity contribution >= 4 is 10.0 Å². The number of aromatic nitrogens is 1. The van der Waals surface area contributed by atoms with Crippen molar-refractivity contribution in [3.63, 3.8) is 0 Å². The van der Waals surface area contributed by atoms with E-state index in [0.29, 0.717) is 25.6 Å².